The minimum Gasteiger partial charge on any atom is -0.337 e. The Bertz CT molecular complexity index is 518. The summed E-state index contributed by atoms with van der Waals surface area (Å²) >= 11 is 0. The molecule has 0 aliphatic carbocycles. The smallest absolute Gasteiger partial charge is 0.237 e. The van der Waals surface area contributed by atoms with Crippen LogP contribution in [-0.2, 0) is 20.4 Å². The van der Waals surface area contributed by atoms with Crippen LogP contribution in [0.4, 0.5) is 0 Å². The van der Waals surface area contributed by atoms with Crippen molar-refractivity contribution in [1.82, 2.24) is 9.88 Å². The SMILES string of the molecule is O=C1CC(S(=O)(=O)Cl)CN1Cc1cccnc1. The van der Waals surface area contributed by atoms with Gasteiger partial charge in [0.05, 0.1) is 0 Å². The van der Waals surface area contributed by atoms with Crippen molar-refractivity contribution in [2.75, 3.05) is 6.54 Å². The van der Waals surface area contributed by atoms with Crippen molar-refractivity contribution >= 4 is 25.6 Å². The van der Waals surface area contributed by atoms with Gasteiger partial charge in [0.25, 0.3) is 0 Å². The highest BCUT2D eigenvalue weighted by Gasteiger charge is 2.37. The minimum atomic E-state index is -3.67. The number of halogens is 1. The molecule has 1 aliphatic rings. The number of amides is 1. The fraction of sp³-hybridized carbons (Fsp3) is 0.400. The first kappa shape index (κ1) is 12.3. The van der Waals surface area contributed by atoms with Crippen LogP contribution in [0.3, 0.4) is 0 Å². The predicted octanol–water partition coefficient (Wildman–Crippen LogP) is 0.751. The van der Waals surface area contributed by atoms with E-state index in [2.05, 4.69) is 4.98 Å². The van der Waals surface area contributed by atoms with Crippen molar-refractivity contribution in [1.29, 1.82) is 0 Å². The van der Waals surface area contributed by atoms with Crippen LogP contribution >= 0.6 is 10.7 Å². The number of aromatic nitrogens is 1. The van der Waals surface area contributed by atoms with E-state index in [1.54, 1.807) is 18.5 Å². The summed E-state index contributed by atoms with van der Waals surface area (Å²) in [7, 11) is 1.59. The number of carbonyl (C=O) groups is 1. The Morgan fingerprint density at radius 3 is 2.82 bits per heavy atom. The lowest BCUT2D eigenvalue weighted by molar-refractivity contribution is -0.128. The maximum absolute atomic E-state index is 11.6. The first-order chi connectivity index (χ1) is 7.97. The fourth-order valence-electron chi connectivity index (χ4n) is 1.79. The maximum atomic E-state index is 11.6. The highest BCUT2D eigenvalue weighted by atomic mass is 35.7. The van der Waals surface area contributed by atoms with Gasteiger partial charge in [-0.25, -0.2) is 8.42 Å². The second-order valence-electron chi connectivity index (χ2n) is 3.94. The zero-order valence-corrected chi connectivity index (χ0v) is 10.5. The quantitative estimate of drug-likeness (QED) is 0.763. The van der Waals surface area contributed by atoms with Crippen molar-refractivity contribution in [2.45, 2.75) is 18.2 Å². The monoisotopic (exact) mass is 274 g/mol. The molecule has 0 saturated carbocycles. The molecule has 0 radical (unpaired) electrons. The Kier molecular flexibility index (Phi) is 3.35. The van der Waals surface area contributed by atoms with Crippen LogP contribution in [0, 0.1) is 0 Å². The third kappa shape index (κ3) is 2.95. The molecule has 2 heterocycles. The largest absolute Gasteiger partial charge is 0.337 e. The summed E-state index contributed by atoms with van der Waals surface area (Å²) < 4.78 is 22.3. The molecule has 0 spiro atoms. The van der Waals surface area contributed by atoms with E-state index in [1.807, 2.05) is 6.07 Å². The van der Waals surface area contributed by atoms with Gasteiger partial charge in [-0.2, -0.15) is 0 Å². The third-order valence-corrected chi connectivity index (χ3v) is 4.54. The molecule has 0 bridgehead atoms. The minimum absolute atomic E-state index is 0.0356. The molecule has 2 rings (SSSR count). The fourth-order valence-corrected chi connectivity index (χ4v) is 2.85. The summed E-state index contributed by atoms with van der Waals surface area (Å²) in [6.07, 6.45) is 3.25. The van der Waals surface area contributed by atoms with Gasteiger partial charge in [-0.05, 0) is 11.6 Å². The van der Waals surface area contributed by atoms with Gasteiger partial charge < -0.3 is 4.90 Å². The van der Waals surface area contributed by atoms with Crippen LogP contribution in [0.15, 0.2) is 24.5 Å². The topological polar surface area (TPSA) is 67.3 Å². The highest BCUT2D eigenvalue weighted by molar-refractivity contribution is 8.14. The Hall–Kier alpha value is -1.14. The molecule has 1 aromatic heterocycles. The number of hydrogen-bond acceptors (Lipinski definition) is 4. The summed E-state index contributed by atoms with van der Waals surface area (Å²) in [5, 5.41) is -0.798. The van der Waals surface area contributed by atoms with E-state index >= 15 is 0 Å². The van der Waals surface area contributed by atoms with Crippen LogP contribution in [-0.4, -0.2) is 36.0 Å². The van der Waals surface area contributed by atoms with Crippen molar-refractivity contribution < 1.29 is 13.2 Å². The van der Waals surface area contributed by atoms with Crippen LogP contribution in [0.25, 0.3) is 0 Å². The van der Waals surface area contributed by atoms with E-state index in [1.165, 1.54) is 4.90 Å². The first-order valence-electron chi connectivity index (χ1n) is 5.07. The molecule has 1 unspecified atom stereocenters. The van der Waals surface area contributed by atoms with Crippen molar-refractivity contribution in [2.24, 2.45) is 0 Å². The molecule has 1 atom stereocenters. The van der Waals surface area contributed by atoms with Crippen LogP contribution in [0.1, 0.15) is 12.0 Å². The van der Waals surface area contributed by atoms with Gasteiger partial charge in [-0.1, -0.05) is 6.07 Å². The van der Waals surface area contributed by atoms with E-state index in [4.69, 9.17) is 10.7 Å². The lowest BCUT2D eigenvalue weighted by Crippen LogP contribution is -2.26. The Morgan fingerprint density at radius 1 is 1.53 bits per heavy atom. The van der Waals surface area contributed by atoms with Gasteiger partial charge in [0, 0.05) is 42.6 Å². The molecule has 0 aromatic carbocycles. The first-order valence-corrected chi connectivity index (χ1v) is 7.44. The molecule has 5 nitrogen and oxygen atoms in total. The summed E-state index contributed by atoms with van der Waals surface area (Å²) in [5.74, 6) is -0.192. The van der Waals surface area contributed by atoms with E-state index in [9.17, 15) is 13.2 Å². The number of carbonyl (C=O) groups excluding carboxylic acids is 1. The second kappa shape index (κ2) is 4.62. The second-order valence-corrected chi connectivity index (χ2v) is 6.85. The van der Waals surface area contributed by atoms with Crippen molar-refractivity contribution in [3.05, 3.63) is 30.1 Å². The molecule has 1 aliphatic heterocycles. The number of likely N-dealkylation sites (tertiary alicyclic amines) is 1. The van der Waals surface area contributed by atoms with E-state index in [-0.39, 0.29) is 18.9 Å². The summed E-state index contributed by atoms with van der Waals surface area (Å²) in [6.45, 7) is 0.523. The van der Waals surface area contributed by atoms with Gasteiger partial charge >= 0.3 is 0 Å². The average molecular weight is 275 g/mol. The van der Waals surface area contributed by atoms with Gasteiger partial charge in [-0.15, -0.1) is 0 Å². The van der Waals surface area contributed by atoms with Crippen LogP contribution < -0.4 is 0 Å². The predicted molar refractivity (Wildman–Crippen MR) is 62.8 cm³/mol. The third-order valence-electron chi connectivity index (χ3n) is 2.67. The highest BCUT2D eigenvalue weighted by Crippen LogP contribution is 2.22. The zero-order valence-electron chi connectivity index (χ0n) is 8.91. The van der Waals surface area contributed by atoms with Crippen molar-refractivity contribution in [3.8, 4) is 0 Å². The molecule has 1 saturated heterocycles. The maximum Gasteiger partial charge on any atom is 0.237 e. The zero-order chi connectivity index (χ0) is 12.5. The van der Waals surface area contributed by atoms with Crippen LogP contribution in [0.5, 0.6) is 0 Å². The number of nitrogens with zero attached hydrogens (tertiary/aromatic N) is 2. The van der Waals surface area contributed by atoms with Gasteiger partial charge in [0.15, 0.2) is 0 Å². The summed E-state index contributed by atoms with van der Waals surface area (Å²) in [4.78, 5) is 17.0. The molecular weight excluding hydrogens is 264 g/mol. The van der Waals surface area contributed by atoms with E-state index < -0.39 is 14.3 Å². The van der Waals surface area contributed by atoms with Crippen molar-refractivity contribution in [3.63, 3.8) is 0 Å². The molecule has 17 heavy (non-hydrogen) atoms. The normalized spacial score (nSPS) is 20.9. The molecule has 1 amide bonds. The lowest BCUT2D eigenvalue weighted by atomic mass is 10.3. The Labute approximate surface area is 104 Å². The summed E-state index contributed by atoms with van der Waals surface area (Å²) in [6, 6.07) is 3.61. The Morgan fingerprint density at radius 2 is 2.29 bits per heavy atom. The van der Waals surface area contributed by atoms with Gasteiger partial charge in [-0.3, -0.25) is 9.78 Å². The number of rotatable bonds is 3. The standard InChI is InChI=1S/C10H11ClN2O3S/c11-17(15,16)9-4-10(14)13(7-9)6-8-2-1-3-12-5-8/h1-3,5,9H,4,6-7H2. The van der Waals surface area contributed by atoms with Gasteiger partial charge in [0.1, 0.15) is 5.25 Å². The van der Waals surface area contributed by atoms with E-state index in [0.29, 0.717) is 6.54 Å². The average Bonchev–Trinajstić information content (AvgIpc) is 2.62. The molecule has 1 fully saturated rings. The molecule has 1 aromatic rings. The summed E-state index contributed by atoms with van der Waals surface area (Å²) in [5.41, 5.74) is 0.869. The van der Waals surface area contributed by atoms with Crippen LogP contribution in [0.2, 0.25) is 0 Å². The van der Waals surface area contributed by atoms with E-state index in [0.717, 1.165) is 5.56 Å². The molecule has 0 N–H and O–H groups in total. The molecule has 7 heteroatoms. The number of hydrogen-bond donors (Lipinski definition) is 0. The van der Waals surface area contributed by atoms with Gasteiger partial charge in [0.2, 0.25) is 15.0 Å². The number of pyridine rings is 1. The molecular formula is C10H11ClN2O3S. The molecule has 92 valence electrons. The lowest BCUT2D eigenvalue weighted by Gasteiger charge is -2.15. The Balaban J connectivity index is 2.07.